The van der Waals surface area contributed by atoms with Gasteiger partial charge in [-0.05, 0) is 32.4 Å². The molecular formula is C15H18N2O2. The predicted molar refractivity (Wildman–Crippen MR) is 74.2 cm³/mol. The lowest BCUT2D eigenvalue weighted by Gasteiger charge is -2.06. The van der Waals surface area contributed by atoms with Crippen LogP contribution in [0, 0.1) is 20.8 Å². The van der Waals surface area contributed by atoms with Gasteiger partial charge in [-0.3, -0.25) is 4.79 Å². The van der Waals surface area contributed by atoms with Gasteiger partial charge in [-0.1, -0.05) is 17.7 Å². The summed E-state index contributed by atoms with van der Waals surface area (Å²) in [6.07, 6.45) is 0.582. The van der Waals surface area contributed by atoms with Crippen LogP contribution in [0.5, 0.6) is 0 Å². The number of carboxylic acid groups (broad SMARTS) is 1. The van der Waals surface area contributed by atoms with Crippen molar-refractivity contribution in [3.8, 4) is 11.3 Å². The number of hydrogen-bond donors (Lipinski definition) is 2. The molecule has 1 aromatic carbocycles. The molecule has 1 aromatic heterocycles. The number of aryl methyl sites for hydroxylation is 4. The second-order valence-corrected chi connectivity index (χ2v) is 4.86. The van der Waals surface area contributed by atoms with Crippen LogP contribution in [0.1, 0.15) is 29.1 Å². The Morgan fingerprint density at radius 3 is 2.74 bits per heavy atom. The molecule has 19 heavy (non-hydrogen) atoms. The number of imidazole rings is 1. The van der Waals surface area contributed by atoms with Crippen LogP contribution in [0.2, 0.25) is 0 Å². The monoisotopic (exact) mass is 258 g/mol. The number of hydrogen-bond acceptors (Lipinski definition) is 2. The molecule has 0 spiro atoms. The van der Waals surface area contributed by atoms with Crippen molar-refractivity contribution in [2.75, 3.05) is 0 Å². The van der Waals surface area contributed by atoms with E-state index in [0.717, 1.165) is 28.3 Å². The van der Waals surface area contributed by atoms with E-state index in [-0.39, 0.29) is 6.42 Å². The van der Waals surface area contributed by atoms with E-state index in [1.165, 1.54) is 5.56 Å². The third-order valence-corrected chi connectivity index (χ3v) is 3.13. The van der Waals surface area contributed by atoms with Crippen molar-refractivity contribution in [3.63, 3.8) is 0 Å². The SMILES string of the molecule is Cc1ccc(C)c(-c2nc(C)[nH]c2CCC(=O)O)c1. The molecule has 0 unspecified atom stereocenters. The molecule has 2 aromatic rings. The Morgan fingerprint density at radius 2 is 2.05 bits per heavy atom. The standard InChI is InChI=1S/C15H18N2O2/c1-9-4-5-10(2)12(8-9)15-13(6-7-14(18)19)16-11(3)17-15/h4-5,8H,6-7H2,1-3H3,(H,16,17)(H,18,19). The van der Waals surface area contributed by atoms with Gasteiger partial charge in [0.05, 0.1) is 12.1 Å². The number of benzene rings is 1. The van der Waals surface area contributed by atoms with E-state index in [1.54, 1.807) is 0 Å². The quantitative estimate of drug-likeness (QED) is 0.885. The van der Waals surface area contributed by atoms with E-state index < -0.39 is 5.97 Å². The van der Waals surface area contributed by atoms with Gasteiger partial charge in [0.25, 0.3) is 0 Å². The summed E-state index contributed by atoms with van der Waals surface area (Å²) in [6, 6.07) is 6.22. The van der Waals surface area contributed by atoms with Gasteiger partial charge in [-0.15, -0.1) is 0 Å². The number of carboxylic acids is 1. The Labute approximate surface area is 112 Å². The summed E-state index contributed by atoms with van der Waals surface area (Å²) in [6.45, 7) is 5.97. The number of aromatic nitrogens is 2. The molecule has 0 aliphatic heterocycles. The van der Waals surface area contributed by atoms with Gasteiger partial charge in [0, 0.05) is 17.7 Å². The Bertz CT molecular complexity index is 615. The van der Waals surface area contributed by atoms with Gasteiger partial charge in [0.1, 0.15) is 5.82 Å². The summed E-state index contributed by atoms with van der Waals surface area (Å²) in [5.41, 5.74) is 5.16. The first-order chi connectivity index (χ1) is 8.97. The zero-order valence-corrected chi connectivity index (χ0v) is 11.4. The van der Waals surface area contributed by atoms with Crippen LogP contribution in [0.4, 0.5) is 0 Å². The smallest absolute Gasteiger partial charge is 0.303 e. The number of nitrogens with zero attached hydrogens (tertiary/aromatic N) is 1. The number of rotatable bonds is 4. The molecule has 0 bridgehead atoms. The lowest BCUT2D eigenvalue weighted by Crippen LogP contribution is -1.99. The summed E-state index contributed by atoms with van der Waals surface area (Å²) >= 11 is 0. The molecule has 0 saturated carbocycles. The fraction of sp³-hybridized carbons (Fsp3) is 0.333. The van der Waals surface area contributed by atoms with Crippen molar-refractivity contribution >= 4 is 5.97 Å². The van der Waals surface area contributed by atoms with Crippen LogP contribution in [0.3, 0.4) is 0 Å². The highest BCUT2D eigenvalue weighted by Gasteiger charge is 2.13. The molecule has 2 N–H and O–H groups in total. The van der Waals surface area contributed by atoms with Gasteiger partial charge < -0.3 is 10.1 Å². The number of H-pyrrole nitrogens is 1. The molecule has 0 amide bonds. The maximum Gasteiger partial charge on any atom is 0.303 e. The number of aromatic amines is 1. The van der Waals surface area contributed by atoms with Gasteiger partial charge >= 0.3 is 5.97 Å². The zero-order chi connectivity index (χ0) is 14.0. The molecule has 0 aliphatic carbocycles. The zero-order valence-electron chi connectivity index (χ0n) is 11.4. The maximum absolute atomic E-state index is 10.7. The molecule has 0 saturated heterocycles. The van der Waals surface area contributed by atoms with Crippen LogP contribution >= 0.6 is 0 Å². The first-order valence-corrected chi connectivity index (χ1v) is 6.32. The highest BCUT2D eigenvalue weighted by Crippen LogP contribution is 2.27. The summed E-state index contributed by atoms with van der Waals surface area (Å²) < 4.78 is 0. The minimum Gasteiger partial charge on any atom is -0.481 e. The molecule has 0 fully saturated rings. The molecule has 100 valence electrons. The van der Waals surface area contributed by atoms with Gasteiger partial charge in [0.15, 0.2) is 0 Å². The Balaban J connectivity index is 2.43. The van der Waals surface area contributed by atoms with E-state index >= 15 is 0 Å². The summed E-state index contributed by atoms with van der Waals surface area (Å²) in [7, 11) is 0. The lowest BCUT2D eigenvalue weighted by molar-refractivity contribution is -0.136. The normalized spacial score (nSPS) is 10.7. The summed E-state index contributed by atoms with van der Waals surface area (Å²) in [4.78, 5) is 18.4. The second kappa shape index (κ2) is 5.26. The van der Waals surface area contributed by atoms with Crippen molar-refractivity contribution in [1.82, 2.24) is 9.97 Å². The van der Waals surface area contributed by atoms with Gasteiger partial charge in [0.2, 0.25) is 0 Å². The number of carbonyl (C=O) groups is 1. The molecule has 4 nitrogen and oxygen atoms in total. The second-order valence-electron chi connectivity index (χ2n) is 4.86. The highest BCUT2D eigenvalue weighted by atomic mass is 16.4. The average Bonchev–Trinajstić information content (AvgIpc) is 2.71. The fourth-order valence-electron chi connectivity index (χ4n) is 2.17. The molecular weight excluding hydrogens is 240 g/mol. The van der Waals surface area contributed by atoms with E-state index in [4.69, 9.17) is 5.11 Å². The van der Waals surface area contributed by atoms with Crippen LogP contribution in [0.15, 0.2) is 18.2 Å². The third-order valence-electron chi connectivity index (χ3n) is 3.13. The van der Waals surface area contributed by atoms with Crippen LogP contribution in [0.25, 0.3) is 11.3 Å². The highest BCUT2D eigenvalue weighted by molar-refractivity contribution is 5.70. The van der Waals surface area contributed by atoms with E-state index in [9.17, 15) is 4.79 Å². The molecule has 1 heterocycles. The molecule has 0 atom stereocenters. The third kappa shape index (κ3) is 3.02. The Kier molecular flexibility index (Phi) is 3.69. The minimum atomic E-state index is -0.792. The van der Waals surface area contributed by atoms with Crippen LogP contribution < -0.4 is 0 Å². The maximum atomic E-state index is 10.7. The number of aliphatic carboxylic acids is 1. The van der Waals surface area contributed by atoms with Crippen molar-refractivity contribution in [2.45, 2.75) is 33.6 Å². The first kappa shape index (κ1) is 13.3. The lowest BCUT2D eigenvalue weighted by atomic mass is 10.0. The molecule has 4 heteroatoms. The molecule has 2 rings (SSSR count). The van der Waals surface area contributed by atoms with Gasteiger partial charge in [-0.25, -0.2) is 4.98 Å². The summed E-state index contributed by atoms with van der Waals surface area (Å²) in [5, 5.41) is 8.81. The summed E-state index contributed by atoms with van der Waals surface area (Å²) in [5.74, 6) is 0.0236. The van der Waals surface area contributed by atoms with Crippen molar-refractivity contribution in [1.29, 1.82) is 0 Å². The fourth-order valence-corrected chi connectivity index (χ4v) is 2.17. The predicted octanol–water partition coefficient (Wildman–Crippen LogP) is 3.02. The van der Waals surface area contributed by atoms with Crippen molar-refractivity contribution < 1.29 is 9.90 Å². The van der Waals surface area contributed by atoms with Crippen molar-refractivity contribution in [2.24, 2.45) is 0 Å². The van der Waals surface area contributed by atoms with Gasteiger partial charge in [-0.2, -0.15) is 0 Å². The van der Waals surface area contributed by atoms with E-state index in [1.807, 2.05) is 20.8 Å². The Hall–Kier alpha value is -2.10. The largest absolute Gasteiger partial charge is 0.481 e. The number of nitrogens with one attached hydrogen (secondary N) is 1. The van der Waals surface area contributed by atoms with Crippen LogP contribution in [-0.4, -0.2) is 21.0 Å². The first-order valence-electron chi connectivity index (χ1n) is 6.32. The van der Waals surface area contributed by atoms with E-state index in [2.05, 4.69) is 28.2 Å². The minimum absolute atomic E-state index is 0.111. The Morgan fingerprint density at radius 1 is 1.32 bits per heavy atom. The van der Waals surface area contributed by atoms with Crippen LogP contribution in [-0.2, 0) is 11.2 Å². The topological polar surface area (TPSA) is 66.0 Å². The average molecular weight is 258 g/mol. The van der Waals surface area contributed by atoms with Crippen molar-refractivity contribution in [3.05, 3.63) is 40.8 Å². The molecule has 0 radical (unpaired) electrons. The molecule has 0 aliphatic rings. The van der Waals surface area contributed by atoms with E-state index in [0.29, 0.717) is 6.42 Å².